The summed E-state index contributed by atoms with van der Waals surface area (Å²) in [4.78, 5) is 20.1. The third kappa shape index (κ3) is 3.54. The van der Waals surface area contributed by atoms with Crippen molar-refractivity contribution in [2.45, 2.75) is 19.9 Å². The maximum Gasteiger partial charge on any atom is 0.251 e. The number of anilines is 1. The van der Waals surface area contributed by atoms with E-state index in [1.54, 1.807) is 24.7 Å². The standard InChI is InChI=1S/C15H18N4O/c1-3-17-15(20)12-5-4-6-13(9-12)19-11(2)14-10-16-7-8-18-14/h4-11,19H,3H2,1-2H3,(H,17,20). The summed E-state index contributed by atoms with van der Waals surface area (Å²) >= 11 is 0. The van der Waals surface area contributed by atoms with Gasteiger partial charge in [0.1, 0.15) is 0 Å². The number of hydrogen-bond donors (Lipinski definition) is 2. The molecule has 2 N–H and O–H groups in total. The number of carbonyl (C=O) groups excluding carboxylic acids is 1. The van der Waals surface area contributed by atoms with Crippen LogP contribution in [0.4, 0.5) is 5.69 Å². The van der Waals surface area contributed by atoms with Crippen molar-refractivity contribution in [3.63, 3.8) is 0 Å². The van der Waals surface area contributed by atoms with E-state index >= 15 is 0 Å². The van der Waals surface area contributed by atoms with Gasteiger partial charge in [-0.1, -0.05) is 6.07 Å². The zero-order valence-electron chi connectivity index (χ0n) is 11.6. The predicted octanol–water partition coefficient (Wildman–Crippen LogP) is 2.40. The third-order valence-corrected chi connectivity index (χ3v) is 2.87. The van der Waals surface area contributed by atoms with Crippen LogP contribution >= 0.6 is 0 Å². The molecule has 1 aromatic heterocycles. The van der Waals surface area contributed by atoms with Gasteiger partial charge in [-0.25, -0.2) is 0 Å². The van der Waals surface area contributed by atoms with Crippen LogP contribution in [0.15, 0.2) is 42.9 Å². The first-order valence-electron chi connectivity index (χ1n) is 6.61. The molecule has 20 heavy (non-hydrogen) atoms. The highest BCUT2D eigenvalue weighted by Gasteiger charge is 2.09. The summed E-state index contributed by atoms with van der Waals surface area (Å²) in [7, 11) is 0. The van der Waals surface area contributed by atoms with Gasteiger partial charge in [-0.15, -0.1) is 0 Å². The summed E-state index contributed by atoms with van der Waals surface area (Å²) in [6.07, 6.45) is 5.04. The number of carbonyl (C=O) groups is 1. The molecule has 0 bridgehead atoms. The van der Waals surface area contributed by atoms with E-state index in [0.717, 1.165) is 11.4 Å². The fourth-order valence-electron chi connectivity index (χ4n) is 1.87. The lowest BCUT2D eigenvalue weighted by Crippen LogP contribution is -2.22. The van der Waals surface area contributed by atoms with Crippen LogP contribution in [0.5, 0.6) is 0 Å². The topological polar surface area (TPSA) is 66.9 Å². The first-order valence-corrected chi connectivity index (χ1v) is 6.61. The molecule has 1 heterocycles. The Kier molecular flexibility index (Phi) is 4.65. The van der Waals surface area contributed by atoms with Crippen molar-refractivity contribution >= 4 is 11.6 Å². The molecule has 0 aliphatic heterocycles. The minimum atomic E-state index is -0.0664. The zero-order chi connectivity index (χ0) is 14.4. The molecular weight excluding hydrogens is 252 g/mol. The summed E-state index contributed by atoms with van der Waals surface area (Å²) in [5.41, 5.74) is 2.38. The van der Waals surface area contributed by atoms with E-state index in [4.69, 9.17) is 0 Å². The van der Waals surface area contributed by atoms with Gasteiger partial charge in [0.15, 0.2) is 0 Å². The molecule has 1 amide bonds. The van der Waals surface area contributed by atoms with E-state index < -0.39 is 0 Å². The van der Waals surface area contributed by atoms with Gasteiger partial charge < -0.3 is 10.6 Å². The predicted molar refractivity (Wildman–Crippen MR) is 78.5 cm³/mol. The average molecular weight is 270 g/mol. The van der Waals surface area contributed by atoms with E-state index in [2.05, 4.69) is 20.6 Å². The van der Waals surface area contributed by atoms with Gasteiger partial charge in [0.25, 0.3) is 5.91 Å². The maximum absolute atomic E-state index is 11.8. The smallest absolute Gasteiger partial charge is 0.251 e. The molecule has 1 aromatic carbocycles. The number of nitrogens with one attached hydrogen (secondary N) is 2. The van der Waals surface area contributed by atoms with Crippen molar-refractivity contribution in [1.82, 2.24) is 15.3 Å². The summed E-state index contributed by atoms with van der Waals surface area (Å²) in [6, 6.07) is 7.43. The molecule has 1 unspecified atom stereocenters. The molecule has 0 spiro atoms. The number of rotatable bonds is 5. The van der Waals surface area contributed by atoms with Crippen molar-refractivity contribution in [2.75, 3.05) is 11.9 Å². The number of amides is 1. The van der Waals surface area contributed by atoms with Crippen LogP contribution in [0, 0.1) is 0 Å². The lowest BCUT2D eigenvalue weighted by atomic mass is 10.1. The Labute approximate surface area is 118 Å². The van der Waals surface area contributed by atoms with Gasteiger partial charge in [0.05, 0.1) is 17.9 Å². The van der Waals surface area contributed by atoms with Crippen molar-refractivity contribution in [2.24, 2.45) is 0 Å². The minimum Gasteiger partial charge on any atom is -0.377 e. The molecule has 5 heteroatoms. The van der Waals surface area contributed by atoms with Crippen LogP contribution in [0.1, 0.15) is 35.9 Å². The molecule has 0 aliphatic carbocycles. The summed E-state index contributed by atoms with van der Waals surface area (Å²) < 4.78 is 0. The second-order valence-corrected chi connectivity index (χ2v) is 4.44. The van der Waals surface area contributed by atoms with Crippen LogP contribution in [-0.2, 0) is 0 Å². The highest BCUT2D eigenvalue weighted by molar-refractivity contribution is 5.95. The maximum atomic E-state index is 11.8. The third-order valence-electron chi connectivity index (χ3n) is 2.87. The lowest BCUT2D eigenvalue weighted by Gasteiger charge is -2.15. The monoisotopic (exact) mass is 270 g/mol. The molecule has 0 aliphatic rings. The molecule has 0 saturated carbocycles. The van der Waals surface area contributed by atoms with Gasteiger partial charge >= 0.3 is 0 Å². The molecule has 1 atom stereocenters. The Hall–Kier alpha value is -2.43. The molecule has 2 aromatic rings. The molecule has 5 nitrogen and oxygen atoms in total. The summed E-state index contributed by atoms with van der Waals surface area (Å²) in [5.74, 6) is -0.0664. The Bertz CT molecular complexity index is 571. The van der Waals surface area contributed by atoms with Crippen LogP contribution in [0.3, 0.4) is 0 Å². The molecule has 0 radical (unpaired) electrons. The van der Waals surface area contributed by atoms with Gasteiger partial charge in [-0.05, 0) is 32.0 Å². The molecular formula is C15H18N4O. The van der Waals surface area contributed by atoms with Crippen molar-refractivity contribution in [3.8, 4) is 0 Å². The largest absolute Gasteiger partial charge is 0.377 e. The molecule has 0 saturated heterocycles. The minimum absolute atomic E-state index is 0.0215. The van der Waals surface area contributed by atoms with Crippen molar-refractivity contribution in [3.05, 3.63) is 54.1 Å². The SMILES string of the molecule is CCNC(=O)c1cccc(NC(C)c2cnccn2)c1. The average Bonchev–Trinajstić information content (AvgIpc) is 2.48. The van der Waals surface area contributed by atoms with Crippen LogP contribution < -0.4 is 10.6 Å². The van der Waals surface area contributed by atoms with Crippen molar-refractivity contribution in [1.29, 1.82) is 0 Å². The quantitative estimate of drug-likeness (QED) is 0.875. The number of hydrogen-bond acceptors (Lipinski definition) is 4. The molecule has 104 valence electrons. The Morgan fingerprint density at radius 3 is 2.90 bits per heavy atom. The van der Waals surface area contributed by atoms with Crippen LogP contribution in [-0.4, -0.2) is 22.4 Å². The van der Waals surface area contributed by atoms with E-state index in [9.17, 15) is 4.79 Å². The van der Waals surface area contributed by atoms with Gasteiger partial charge in [-0.2, -0.15) is 0 Å². The fourth-order valence-corrected chi connectivity index (χ4v) is 1.87. The van der Waals surface area contributed by atoms with Gasteiger partial charge in [0, 0.05) is 30.2 Å². The van der Waals surface area contributed by atoms with Crippen molar-refractivity contribution < 1.29 is 4.79 Å². The Morgan fingerprint density at radius 1 is 1.35 bits per heavy atom. The van der Waals surface area contributed by atoms with Crippen LogP contribution in [0.2, 0.25) is 0 Å². The Morgan fingerprint density at radius 2 is 2.20 bits per heavy atom. The number of aromatic nitrogens is 2. The lowest BCUT2D eigenvalue weighted by molar-refractivity contribution is 0.0956. The Balaban J connectivity index is 2.10. The van der Waals surface area contributed by atoms with E-state index in [-0.39, 0.29) is 11.9 Å². The summed E-state index contributed by atoms with van der Waals surface area (Å²) in [5, 5.41) is 6.10. The normalized spacial score (nSPS) is 11.7. The van der Waals surface area contributed by atoms with Crippen LogP contribution in [0.25, 0.3) is 0 Å². The highest BCUT2D eigenvalue weighted by atomic mass is 16.1. The molecule has 2 rings (SSSR count). The molecule has 0 fully saturated rings. The zero-order valence-corrected chi connectivity index (χ0v) is 11.6. The van der Waals surface area contributed by atoms with Gasteiger partial charge in [0.2, 0.25) is 0 Å². The van der Waals surface area contributed by atoms with E-state index in [1.807, 2.05) is 32.0 Å². The van der Waals surface area contributed by atoms with E-state index in [1.165, 1.54) is 0 Å². The number of benzene rings is 1. The second-order valence-electron chi connectivity index (χ2n) is 4.44. The first kappa shape index (κ1) is 14.0. The fraction of sp³-hybridized carbons (Fsp3) is 0.267. The first-order chi connectivity index (χ1) is 9.70. The highest BCUT2D eigenvalue weighted by Crippen LogP contribution is 2.18. The second kappa shape index (κ2) is 6.65. The van der Waals surface area contributed by atoms with Gasteiger partial charge in [-0.3, -0.25) is 14.8 Å². The van der Waals surface area contributed by atoms with E-state index in [0.29, 0.717) is 12.1 Å². The number of nitrogens with zero attached hydrogens (tertiary/aromatic N) is 2. The summed E-state index contributed by atoms with van der Waals surface area (Å²) in [6.45, 7) is 4.52.